The minimum Gasteiger partial charge on any atom is -0.508 e. The second kappa shape index (κ2) is 7.86. The molecule has 0 aliphatic carbocycles. The van der Waals surface area contributed by atoms with Crippen LogP contribution < -0.4 is 14.2 Å². The first kappa shape index (κ1) is 20.6. The van der Waals surface area contributed by atoms with E-state index in [1.807, 2.05) is 0 Å². The van der Waals surface area contributed by atoms with Crippen LogP contribution in [0.4, 0.5) is 8.78 Å². The molecular weight excluding hydrogens is 410 g/mol. The number of hydrogen-bond acceptors (Lipinski definition) is 6. The quantitative estimate of drug-likeness (QED) is 0.569. The first-order valence-corrected chi connectivity index (χ1v) is 9.42. The maximum Gasteiger partial charge on any atom is 0.200 e. The molecule has 1 aliphatic rings. The van der Waals surface area contributed by atoms with E-state index in [2.05, 4.69) is 0 Å². The molecule has 8 heteroatoms. The van der Waals surface area contributed by atoms with E-state index in [4.69, 9.17) is 14.2 Å². The first-order chi connectivity index (χ1) is 14.8. The largest absolute Gasteiger partial charge is 0.508 e. The van der Waals surface area contributed by atoms with Gasteiger partial charge in [-0.05, 0) is 41.5 Å². The zero-order valence-corrected chi connectivity index (χ0v) is 16.7. The van der Waals surface area contributed by atoms with Crippen molar-refractivity contribution >= 4 is 0 Å². The normalized spacial score (nSPS) is 17.5. The van der Waals surface area contributed by atoms with Crippen LogP contribution in [0.1, 0.15) is 28.5 Å². The van der Waals surface area contributed by atoms with Crippen LogP contribution >= 0.6 is 0 Å². The Balaban J connectivity index is 1.93. The minimum atomic E-state index is -1.08. The third-order valence-corrected chi connectivity index (χ3v) is 5.48. The van der Waals surface area contributed by atoms with Crippen molar-refractivity contribution in [1.82, 2.24) is 0 Å². The fourth-order valence-electron chi connectivity index (χ4n) is 3.99. The van der Waals surface area contributed by atoms with Gasteiger partial charge in [-0.1, -0.05) is 6.07 Å². The second-order valence-corrected chi connectivity index (χ2v) is 7.22. The van der Waals surface area contributed by atoms with Gasteiger partial charge in [0.15, 0.2) is 28.9 Å². The summed E-state index contributed by atoms with van der Waals surface area (Å²) in [5, 5.41) is 29.6. The fourth-order valence-corrected chi connectivity index (χ4v) is 3.99. The summed E-state index contributed by atoms with van der Waals surface area (Å²) in [5.41, 5.74) is 1.52. The Labute approximate surface area is 176 Å². The Bertz CT molecular complexity index is 1100. The number of rotatable bonds is 4. The van der Waals surface area contributed by atoms with Crippen LogP contribution in [0.2, 0.25) is 0 Å². The Hall–Kier alpha value is -3.68. The van der Waals surface area contributed by atoms with Crippen LogP contribution in [0.5, 0.6) is 34.5 Å². The minimum absolute atomic E-state index is 0.00742. The molecule has 31 heavy (non-hydrogen) atoms. The number of methoxy groups -OCH3 is 2. The Morgan fingerprint density at radius 1 is 0.839 bits per heavy atom. The van der Waals surface area contributed by atoms with Crippen LogP contribution in [0.25, 0.3) is 0 Å². The van der Waals surface area contributed by atoms with E-state index in [1.165, 1.54) is 26.4 Å². The molecule has 0 amide bonds. The predicted octanol–water partition coefficient (Wildman–Crippen LogP) is 4.41. The summed E-state index contributed by atoms with van der Waals surface area (Å²) in [6, 6.07) is 9.89. The molecular formula is C23H20F2O6. The molecule has 0 saturated heterocycles. The lowest BCUT2D eigenvalue weighted by Crippen LogP contribution is -2.25. The molecule has 0 radical (unpaired) electrons. The Morgan fingerprint density at radius 2 is 1.45 bits per heavy atom. The second-order valence-electron chi connectivity index (χ2n) is 7.22. The number of hydrogen-bond donors (Lipinski definition) is 3. The van der Waals surface area contributed by atoms with Crippen molar-refractivity contribution < 1.29 is 38.3 Å². The summed E-state index contributed by atoms with van der Waals surface area (Å²) >= 11 is 0. The van der Waals surface area contributed by atoms with Gasteiger partial charge in [-0.3, -0.25) is 0 Å². The number of ether oxygens (including phenoxy) is 3. The summed E-state index contributed by atoms with van der Waals surface area (Å²) in [6.45, 7) is 0.113. The maximum atomic E-state index is 14.2. The number of fused-ring (bicyclic) bond motifs is 1. The van der Waals surface area contributed by atoms with Crippen LogP contribution in [0, 0.1) is 11.6 Å². The predicted molar refractivity (Wildman–Crippen MR) is 107 cm³/mol. The molecule has 0 bridgehead atoms. The fraction of sp³-hybridized carbons (Fsp3) is 0.217. The van der Waals surface area contributed by atoms with E-state index in [9.17, 15) is 24.1 Å². The SMILES string of the molecule is COc1cc(C2COc3cc(O)ccc3C2c2cc(F)c(O)c(F)c2)cc(OC)c1O. The van der Waals surface area contributed by atoms with Gasteiger partial charge in [-0.15, -0.1) is 0 Å². The van der Waals surface area contributed by atoms with E-state index >= 15 is 0 Å². The van der Waals surface area contributed by atoms with Crippen molar-refractivity contribution in [2.24, 2.45) is 0 Å². The summed E-state index contributed by atoms with van der Waals surface area (Å²) in [4.78, 5) is 0. The van der Waals surface area contributed by atoms with Gasteiger partial charge in [0.2, 0.25) is 5.75 Å². The van der Waals surface area contributed by atoms with E-state index in [0.717, 1.165) is 12.1 Å². The summed E-state index contributed by atoms with van der Waals surface area (Å²) in [5.74, 6) is -3.71. The highest BCUT2D eigenvalue weighted by Gasteiger charge is 2.35. The van der Waals surface area contributed by atoms with Crippen LogP contribution in [0.3, 0.4) is 0 Å². The third-order valence-electron chi connectivity index (χ3n) is 5.48. The summed E-state index contributed by atoms with van der Waals surface area (Å²) < 4.78 is 44.8. The standard InChI is InChI=1S/C23H20F2O6/c1-29-19-7-11(8-20(30-2)23(19)28)15-10-31-18-9-13(26)3-4-14(18)21(15)12-5-16(24)22(27)17(25)6-12/h3-9,15,21,26-28H,10H2,1-2H3. The van der Waals surface area contributed by atoms with Crippen molar-refractivity contribution in [3.05, 3.63) is 70.8 Å². The lowest BCUT2D eigenvalue weighted by molar-refractivity contribution is 0.246. The molecule has 0 fully saturated rings. The van der Waals surface area contributed by atoms with Crippen LogP contribution in [0.15, 0.2) is 42.5 Å². The zero-order valence-electron chi connectivity index (χ0n) is 16.7. The number of halogens is 2. The average Bonchev–Trinajstić information content (AvgIpc) is 2.76. The molecule has 3 aromatic rings. The smallest absolute Gasteiger partial charge is 0.200 e. The lowest BCUT2D eigenvalue weighted by Gasteiger charge is -2.35. The molecule has 0 saturated carbocycles. The third kappa shape index (κ3) is 3.54. The van der Waals surface area contributed by atoms with Gasteiger partial charge >= 0.3 is 0 Å². The van der Waals surface area contributed by atoms with Crippen molar-refractivity contribution in [2.45, 2.75) is 11.8 Å². The zero-order chi connectivity index (χ0) is 22.3. The van der Waals surface area contributed by atoms with Crippen molar-refractivity contribution in [1.29, 1.82) is 0 Å². The Kier molecular flexibility index (Phi) is 5.22. The molecule has 3 N–H and O–H groups in total. The van der Waals surface area contributed by atoms with Crippen molar-refractivity contribution in [2.75, 3.05) is 20.8 Å². The van der Waals surface area contributed by atoms with Gasteiger partial charge in [-0.2, -0.15) is 0 Å². The molecule has 2 atom stereocenters. The number of phenols is 3. The van der Waals surface area contributed by atoms with Gasteiger partial charge in [0.25, 0.3) is 0 Å². The molecule has 4 rings (SSSR count). The monoisotopic (exact) mass is 430 g/mol. The molecule has 1 heterocycles. The van der Waals surface area contributed by atoms with Gasteiger partial charge < -0.3 is 29.5 Å². The van der Waals surface area contributed by atoms with E-state index < -0.39 is 29.2 Å². The van der Waals surface area contributed by atoms with E-state index in [-0.39, 0.29) is 35.2 Å². The van der Waals surface area contributed by atoms with Gasteiger partial charge in [0.1, 0.15) is 11.5 Å². The van der Waals surface area contributed by atoms with Gasteiger partial charge in [0, 0.05) is 23.5 Å². The number of aromatic hydroxyl groups is 3. The van der Waals surface area contributed by atoms with Crippen molar-refractivity contribution in [3.8, 4) is 34.5 Å². The molecule has 0 spiro atoms. The molecule has 3 aromatic carbocycles. The number of benzene rings is 3. The number of phenolic OH excluding ortho intramolecular Hbond substituents is 3. The Morgan fingerprint density at radius 3 is 2.03 bits per heavy atom. The molecule has 0 aromatic heterocycles. The van der Waals surface area contributed by atoms with Crippen LogP contribution in [-0.4, -0.2) is 36.1 Å². The molecule has 1 aliphatic heterocycles. The van der Waals surface area contributed by atoms with E-state index in [1.54, 1.807) is 18.2 Å². The van der Waals surface area contributed by atoms with E-state index in [0.29, 0.717) is 16.9 Å². The lowest BCUT2D eigenvalue weighted by atomic mass is 9.75. The van der Waals surface area contributed by atoms with Crippen molar-refractivity contribution in [3.63, 3.8) is 0 Å². The first-order valence-electron chi connectivity index (χ1n) is 9.42. The topological polar surface area (TPSA) is 88.4 Å². The highest BCUT2D eigenvalue weighted by molar-refractivity contribution is 5.56. The highest BCUT2D eigenvalue weighted by Crippen LogP contribution is 2.50. The molecule has 162 valence electrons. The van der Waals surface area contributed by atoms with Crippen LogP contribution in [-0.2, 0) is 0 Å². The van der Waals surface area contributed by atoms with Gasteiger partial charge in [-0.25, -0.2) is 8.78 Å². The molecule has 2 unspecified atom stereocenters. The maximum absolute atomic E-state index is 14.2. The summed E-state index contributed by atoms with van der Waals surface area (Å²) in [7, 11) is 2.80. The molecule has 6 nitrogen and oxygen atoms in total. The van der Waals surface area contributed by atoms with Gasteiger partial charge in [0.05, 0.1) is 20.8 Å². The highest BCUT2D eigenvalue weighted by atomic mass is 19.1. The average molecular weight is 430 g/mol. The summed E-state index contributed by atoms with van der Waals surface area (Å²) in [6.07, 6.45) is 0.